The molecule has 0 spiro atoms. The van der Waals surface area contributed by atoms with E-state index < -0.39 is 11.2 Å². The predicted octanol–water partition coefficient (Wildman–Crippen LogP) is 3.52. The van der Waals surface area contributed by atoms with Crippen molar-refractivity contribution in [1.82, 2.24) is 5.32 Å². The molecule has 29 heavy (non-hydrogen) atoms. The Kier molecular flexibility index (Phi) is 6.47. The van der Waals surface area contributed by atoms with Gasteiger partial charge in [-0.1, -0.05) is 47.6 Å². The summed E-state index contributed by atoms with van der Waals surface area (Å²) in [5.41, 5.74) is 1.26. The van der Waals surface area contributed by atoms with Crippen LogP contribution >= 0.6 is 23.4 Å². The average molecular weight is 428 g/mol. The Morgan fingerprint density at radius 1 is 1.28 bits per heavy atom. The molecular formula is C21H18ClN3O3S. The number of anilines is 1. The Morgan fingerprint density at radius 3 is 2.55 bits per heavy atom. The zero-order chi connectivity index (χ0) is 21.0. The predicted molar refractivity (Wildman–Crippen MR) is 114 cm³/mol. The van der Waals surface area contributed by atoms with Crippen LogP contribution in [0.5, 0.6) is 5.75 Å². The van der Waals surface area contributed by atoms with Crippen LogP contribution in [0, 0.1) is 11.3 Å². The standard InChI is InChI=1S/C21H18ClN3O3S/c1-24-19(26)15(12-23)21-25(17-6-4-3-5-16(17)22)20(27)18(29-21)11-13-7-9-14(28-2)10-8-13/h3-10,18H,11H2,1-2H3,(H,24,26). The highest BCUT2D eigenvalue weighted by Crippen LogP contribution is 2.43. The molecule has 1 N–H and O–H groups in total. The highest BCUT2D eigenvalue weighted by atomic mass is 35.5. The largest absolute Gasteiger partial charge is 0.497 e. The van der Waals surface area contributed by atoms with Crippen molar-refractivity contribution in [2.24, 2.45) is 0 Å². The van der Waals surface area contributed by atoms with Gasteiger partial charge in [-0.3, -0.25) is 14.5 Å². The summed E-state index contributed by atoms with van der Waals surface area (Å²) in [7, 11) is 3.03. The molecule has 0 aromatic heterocycles. The number of nitriles is 1. The molecule has 1 aliphatic heterocycles. The third-order valence-corrected chi connectivity index (χ3v) is 5.99. The minimum Gasteiger partial charge on any atom is -0.497 e. The van der Waals surface area contributed by atoms with E-state index in [2.05, 4.69) is 5.32 Å². The van der Waals surface area contributed by atoms with Crippen molar-refractivity contribution in [2.45, 2.75) is 11.7 Å². The fourth-order valence-electron chi connectivity index (χ4n) is 2.94. The number of carbonyl (C=O) groups excluding carboxylic acids is 2. The Morgan fingerprint density at radius 2 is 1.97 bits per heavy atom. The van der Waals surface area contributed by atoms with Crippen molar-refractivity contribution in [3.63, 3.8) is 0 Å². The lowest BCUT2D eigenvalue weighted by Gasteiger charge is -2.19. The number of benzene rings is 2. The van der Waals surface area contributed by atoms with E-state index in [0.717, 1.165) is 11.3 Å². The number of nitrogens with zero attached hydrogens (tertiary/aromatic N) is 2. The highest BCUT2D eigenvalue weighted by molar-refractivity contribution is 8.05. The van der Waals surface area contributed by atoms with Gasteiger partial charge in [0.05, 0.1) is 23.1 Å². The molecule has 1 fully saturated rings. The van der Waals surface area contributed by atoms with Crippen molar-refractivity contribution in [3.05, 3.63) is 69.7 Å². The van der Waals surface area contributed by atoms with Gasteiger partial charge in [0.25, 0.3) is 5.91 Å². The first-order valence-electron chi connectivity index (χ1n) is 8.74. The number of nitrogens with one attached hydrogen (secondary N) is 1. The molecule has 2 aromatic rings. The van der Waals surface area contributed by atoms with Crippen LogP contribution in [-0.4, -0.2) is 31.2 Å². The van der Waals surface area contributed by atoms with Crippen LogP contribution in [0.3, 0.4) is 0 Å². The molecule has 0 aliphatic carbocycles. The number of hydrogen-bond acceptors (Lipinski definition) is 5. The highest BCUT2D eigenvalue weighted by Gasteiger charge is 2.41. The Balaban J connectivity index is 2.03. The topological polar surface area (TPSA) is 82.4 Å². The lowest BCUT2D eigenvalue weighted by atomic mass is 10.1. The fourth-order valence-corrected chi connectivity index (χ4v) is 4.46. The van der Waals surface area contributed by atoms with Gasteiger partial charge in [-0.25, -0.2) is 0 Å². The van der Waals surface area contributed by atoms with Gasteiger partial charge in [0.2, 0.25) is 5.91 Å². The summed E-state index contributed by atoms with van der Waals surface area (Å²) < 4.78 is 5.17. The number of para-hydroxylation sites is 1. The second-order valence-electron chi connectivity index (χ2n) is 6.15. The molecule has 2 aromatic carbocycles. The molecule has 8 heteroatoms. The van der Waals surface area contributed by atoms with Crippen molar-refractivity contribution in [2.75, 3.05) is 19.1 Å². The van der Waals surface area contributed by atoms with Gasteiger partial charge in [0, 0.05) is 7.05 Å². The van der Waals surface area contributed by atoms with Crippen molar-refractivity contribution in [1.29, 1.82) is 5.26 Å². The van der Waals surface area contributed by atoms with E-state index in [0.29, 0.717) is 17.1 Å². The summed E-state index contributed by atoms with van der Waals surface area (Å²) in [6.07, 6.45) is 0.435. The molecular weight excluding hydrogens is 410 g/mol. The second-order valence-corrected chi connectivity index (χ2v) is 7.75. The molecule has 1 aliphatic rings. The van der Waals surface area contributed by atoms with E-state index in [4.69, 9.17) is 16.3 Å². The van der Waals surface area contributed by atoms with Crippen LogP contribution < -0.4 is 15.0 Å². The zero-order valence-electron chi connectivity index (χ0n) is 15.8. The number of rotatable bonds is 5. The minimum absolute atomic E-state index is 0.122. The third-order valence-electron chi connectivity index (χ3n) is 4.41. The molecule has 1 unspecified atom stereocenters. The van der Waals surface area contributed by atoms with E-state index in [1.54, 1.807) is 31.4 Å². The number of thioether (sulfide) groups is 1. The number of halogens is 1. The maximum absolute atomic E-state index is 13.3. The number of ether oxygens (including phenoxy) is 1. The minimum atomic E-state index is -0.551. The van der Waals surface area contributed by atoms with Gasteiger partial charge in [-0.05, 0) is 36.2 Å². The third kappa shape index (κ3) is 4.24. The van der Waals surface area contributed by atoms with Crippen molar-refractivity contribution < 1.29 is 14.3 Å². The SMILES string of the molecule is CNC(=O)C(C#N)=C1SC(Cc2ccc(OC)cc2)C(=O)N1c1ccccc1Cl. The first-order chi connectivity index (χ1) is 14.0. The first-order valence-corrected chi connectivity index (χ1v) is 10.0. The maximum atomic E-state index is 13.3. The summed E-state index contributed by atoms with van der Waals surface area (Å²) in [5, 5.41) is 12.2. The Hall–Kier alpha value is -2.95. The Labute approximate surface area is 178 Å². The van der Waals surface area contributed by atoms with Gasteiger partial charge in [0.1, 0.15) is 22.4 Å². The van der Waals surface area contributed by atoms with Gasteiger partial charge >= 0.3 is 0 Å². The summed E-state index contributed by atoms with van der Waals surface area (Å²) in [4.78, 5) is 26.9. The normalized spacial score (nSPS) is 17.7. The molecule has 148 valence electrons. The number of carbonyl (C=O) groups is 2. The van der Waals surface area contributed by atoms with Crippen LogP contribution in [0.15, 0.2) is 59.1 Å². The Bertz CT molecular complexity index is 1010. The van der Waals surface area contributed by atoms with Crippen LogP contribution in [0.2, 0.25) is 5.02 Å². The molecule has 3 rings (SSSR count). The van der Waals surface area contributed by atoms with E-state index in [-0.39, 0.29) is 16.5 Å². The number of likely N-dealkylation sites (N-methyl/N-ethyl adjacent to an activating group) is 1. The lowest BCUT2D eigenvalue weighted by Crippen LogP contribution is -2.31. The van der Waals surface area contributed by atoms with E-state index in [1.807, 2.05) is 30.3 Å². The monoisotopic (exact) mass is 427 g/mol. The zero-order valence-corrected chi connectivity index (χ0v) is 17.4. The summed E-state index contributed by atoms with van der Waals surface area (Å²) in [5.74, 6) is -0.0562. The number of hydrogen-bond donors (Lipinski definition) is 1. The first kappa shape index (κ1) is 20.8. The molecule has 0 saturated carbocycles. The molecule has 2 amide bonds. The van der Waals surface area contributed by atoms with Crippen molar-refractivity contribution >= 4 is 40.9 Å². The van der Waals surface area contributed by atoms with Crippen LogP contribution in [0.4, 0.5) is 5.69 Å². The maximum Gasteiger partial charge on any atom is 0.264 e. The lowest BCUT2D eigenvalue weighted by molar-refractivity contribution is -0.117. The van der Waals surface area contributed by atoms with Gasteiger partial charge in [-0.2, -0.15) is 5.26 Å². The van der Waals surface area contributed by atoms with Crippen LogP contribution in [0.25, 0.3) is 0 Å². The van der Waals surface area contributed by atoms with E-state index >= 15 is 0 Å². The fraction of sp³-hybridized carbons (Fsp3) is 0.190. The average Bonchev–Trinajstić information content (AvgIpc) is 3.05. The molecule has 1 atom stereocenters. The van der Waals surface area contributed by atoms with Crippen molar-refractivity contribution in [3.8, 4) is 11.8 Å². The molecule has 1 saturated heterocycles. The molecule has 0 bridgehead atoms. The van der Waals surface area contributed by atoms with Gasteiger partial charge in [0.15, 0.2) is 0 Å². The summed E-state index contributed by atoms with van der Waals surface area (Å²) >= 11 is 7.51. The van der Waals surface area contributed by atoms with E-state index in [9.17, 15) is 14.9 Å². The molecule has 1 heterocycles. The van der Waals surface area contributed by atoms with Gasteiger partial charge in [-0.15, -0.1) is 0 Å². The summed E-state index contributed by atoms with van der Waals surface area (Å²) in [6, 6.07) is 16.2. The van der Waals surface area contributed by atoms with Gasteiger partial charge < -0.3 is 10.1 Å². The van der Waals surface area contributed by atoms with E-state index in [1.165, 1.54) is 23.7 Å². The van der Waals surface area contributed by atoms with Crippen LogP contribution in [-0.2, 0) is 16.0 Å². The molecule has 6 nitrogen and oxygen atoms in total. The number of methoxy groups -OCH3 is 1. The molecule has 0 radical (unpaired) electrons. The smallest absolute Gasteiger partial charge is 0.264 e. The quantitative estimate of drug-likeness (QED) is 0.583. The van der Waals surface area contributed by atoms with Crippen LogP contribution in [0.1, 0.15) is 5.56 Å². The summed E-state index contributed by atoms with van der Waals surface area (Å²) in [6.45, 7) is 0. The second kappa shape index (κ2) is 9.03. The number of amides is 2.